The molecule has 0 saturated carbocycles. The quantitative estimate of drug-likeness (QED) is 0.505. The first-order valence-electron chi connectivity index (χ1n) is 12.3. The first-order valence-corrected chi connectivity index (χ1v) is 12.7. The fourth-order valence-electron chi connectivity index (χ4n) is 7.55. The molecule has 0 radical (unpaired) electrons. The molecule has 4 heterocycles. The van der Waals surface area contributed by atoms with Gasteiger partial charge in [0.1, 0.15) is 11.0 Å². The van der Waals surface area contributed by atoms with Crippen molar-refractivity contribution in [1.82, 2.24) is 4.90 Å². The van der Waals surface area contributed by atoms with Crippen LogP contribution >= 0.6 is 11.6 Å². The highest BCUT2D eigenvalue weighted by Crippen LogP contribution is 2.68. The van der Waals surface area contributed by atoms with E-state index in [2.05, 4.69) is 15.5 Å². The lowest BCUT2D eigenvalue weighted by Crippen LogP contribution is -2.62. The minimum Gasteiger partial charge on any atom is -0.325 e. The number of fused-ring (bicyclic) bond motifs is 7. The number of anilines is 2. The summed E-state index contributed by atoms with van der Waals surface area (Å²) in [5.41, 5.74) is 1.55. The molecule has 180 valence electrons. The summed E-state index contributed by atoms with van der Waals surface area (Å²) in [6.45, 7) is 2.59. The van der Waals surface area contributed by atoms with Crippen LogP contribution in [0.4, 0.5) is 11.4 Å². The Morgan fingerprint density at radius 3 is 2.50 bits per heavy atom. The monoisotopic (exact) mass is 497 g/mol. The second kappa shape index (κ2) is 7.28. The van der Waals surface area contributed by atoms with E-state index in [1.54, 1.807) is 24.3 Å². The molecular formula is C29H24ClN3O3. The lowest BCUT2D eigenvalue weighted by Gasteiger charge is -2.43. The molecule has 2 amide bonds. The van der Waals surface area contributed by atoms with Crippen LogP contribution in [0.25, 0.3) is 0 Å². The van der Waals surface area contributed by atoms with Gasteiger partial charge in [-0.2, -0.15) is 0 Å². The van der Waals surface area contributed by atoms with Crippen molar-refractivity contribution >= 4 is 40.6 Å². The minimum atomic E-state index is -1.42. The van der Waals surface area contributed by atoms with Gasteiger partial charge in [0.15, 0.2) is 5.78 Å². The molecule has 6 nitrogen and oxygen atoms in total. The van der Waals surface area contributed by atoms with E-state index in [4.69, 9.17) is 11.6 Å². The molecule has 3 aromatic rings. The van der Waals surface area contributed by atoms with E-state index in [9.17, 15) is 14.4 Å². The summed E-state index contributed by atoms with van der Waals surface area (Å²) in [6.07, 6.45) is 1.59. The van der Waals surface area contributed by atoms with Crippen molar-refractivity contribution in [1.29, 1.82) is 0 Å². The smallest absolute Gasteiger partial charge is 0.251 e. The van der Waals surface area contributed by atoms with Crippen LogP contribution in [0.5, 0.6) is 0 Å². The number of rotatable bonds is 2. The number of amides is 2. The van der Waals surface area contributed by atoms with Gasteiger partial charge in [0, 0.05) is 33.6 Å². The van der Waals surface area contributed by atoms with E-state index < -0.39 is 16.9 Å². The highest BCUT2D eigenvalue weighted by atomic mass is 35.5. The third kappa shape index (κ3) is 2.34. The van der Waals surface area contributed by atoms with Crippen LogP contribution < -0.4 is 10.6 Å². The SMILES string of the molecule is Cc1cccc2c1NC(=O)[C@]21N2CCC[C@H]2[C@@H](C(=O)c2ccc(Cl)cc2)[C@]12C(=O)Nc1ccccc12. The predicted octanol–water partition coefficient (Wildman–Crippen LogP) is 4.66. The molecule has 3 aromatic carbocycles. The van der Waals surface area contributed by atoms with Crippen molar-refractivity contribution < 1.29 is 14.4 Å². The zero-order valence-corrected chi connectivity index (χ0v) is 20.4. The Hall–Kier alpha value is -3.48. The maximum Gasteiger partial charge on any atom is 0.251 e. The summed E-state index contributed by atoms with van der Waals surface area (Å²) in [7, 11) is 0. The van der Waals surface area contributed by atoms with Gasteiger partial charge in [-0.25, -0.2) is 0 Å². The van der Waals surface area contributed by atoms with E-state index in [0.717, 1.165) is 29.7 Å². The molecule has 4 atom stereocenters. The van der Waals surface area contributed by atoms with Crippen LogP contribution in [0.3, 0.4) is 0 Å². The Bertz CT molecular complexity index is 1490. The Morgan fingerprint density at radius 1 is 0.944 bits per heavy atom. The van der Waals surface area contributed by atoms with Crippen molar-refractivity contribution in [2.45, 2.75) is 36.8 Å². The van der Waals surface area contributed by atoms with Gasteiger partial charge >= 0.3 is 0 Å². The summed E-state index contributed by atoms with van der Waals surface area (Å²) >= 11 is 6.13. The Kier molecular flexibility index (Phi) is 4.40. The third-order valence-electron chi connectivity index (χ3n) is 8.75. The molecule has 4 aliphatic rings. The van der Waals surface area contributed by atoms with Crippen molar-refractivity contribution in [2.75, 3.05) is 17.2 Å². The van der Waals surface area contributed by atoms with Crippen molar-refractivity contribution in [3.63, 3.8) is 0 Å². The second-order valence-electron chi connectivity index (χ2n) is 10.2. The van der Waals surface area contributed by atoms with E-state index in [1.165, 1.54) is 0 Å². The number of aryl methyl sites for hydroxylation is 1. The molecular weight excluding hydrogens is 474 g/mol. The number of nitrogens with zero attached hydrogens (tertiary/aromatic N) is 1. The average Bonchev–Trinajstić information content (AvgIpc) is 3.59. The van der Waals surface area contributed by atoms with Gasteiger partial charge < -0.3 is 10.6 Å². The highest BCUT2D eigenvalue weighted by Gasteiger charge is 2.81. The van der Waals surface area contributed by atoms with Gasteiger partial charge in [-0.15, -0.1) is 0 Å². The average molecular weight is 498 g/mol. The Labute approximate surface area is 213 Å². The molecule has 2 saturated heterocycles. The number of carbonyl (C=O) groups is 3. The molecule has 0 aliphatic carbocycles. The molecule has 7 rings (SSSR count). The van der Waals surface area contributed by atoms with Crippen LogP contribution in [0.2, 0.25) is 5.02 Å². The number of nitrogens with one attached hydrogen (secondary N) is 2. The number of Topliss-reactive ketones (excluding diaryl/α,β-unsaturated/α-hetero) is 1. The number of halogens is 1. The fraction of sp³-hybridized carbons (Fsp3) is 0.276. The summed E-state index contributed by atoms with van der Waals surface area (Å²) in [6, 6.07) is 19.9. The van der Waals surface area contributed by atoms with Gasteiger partial charge in [-0.1, -0.05) is 48.0 Å². The molecule has 2 spiro atoms. The Balaban J connectivity index is 1.59. The topological polar surface area (TPSA) is 78.5 Å². The number of benzene rings is 3. The van der Waals surface area contributed by atoms with Crippen LogP contribution in [-0.2, 0) is 20.5 Å². The molecule has 0 aromatic heterocycles. The van der Waals surface area contributed by atoms with Gasteiger partial charge in [0.2, 0.25) is 5.91 Å². The molecule has 7 heteroatoms. The van der Waals surface area contributed by atoms with Gasteiger partial charge in [-0.3, -0.25) is 19.3 Å². The van der Waals surface area contributed by atoms with E-state index in [0.29, 0.717) is 28.4 Å². The zero-order chi connectivity index (χ0) is 24.8. The second-order valence-corrected chi connectivity index (χ2v) is 10.7. The maximum atomic E-state index is 14.5. The van der Waals surface area contributed by atoms with Crippen molar-refractivity contribution in [3.8, 4) is 0 Å². The van der Waals surface area contributed by atoms with Crippen molar-refractivity contribution in [3.05, 3.63) is 94.0 Å². The zero-order valence-electron chi connectivity index (χ0n) is 19.7. The predicted molar refractivity (Wildman–Crippen MR) is 137 cm³/mol. The summed E-state index contributed by atoms with van der Waals surface area (Å²) in [4.78, 5) is 45.4. The van der Waals surface area contributed by atoms with Gasteiger partial charge in [-0.05, 0) is 67.8 Å². The summed E-state index contributed by atoms with van der Waals surface area (Å²) < 4.78 is 0. The van der Waals surface area contributed by atoms with E-state index in [-0.39, 0.29) is 23.6 Å². The molecule has 36 heavy (non-hydrogen) atoms. The summed E-state index contributed by atoms with van der Waals surface area (Å²) in [5, 5.41) is 6.73. The third-order valence-corrected chi connectivity index (χ3v) is 9.00. The largest absolute Gasteiger partial charge is 0.325 e. The van der Waals surface area contributed by atoms with Crippen molar-refractivity contribution in [2.24, 2.45) is 5.92 Å². The van der Waals surface area contributed by atoms with E-state index >= 15 is 0 Å². The molecule has 4 aliphatic heterocycles. The highest BCUT2D eigenvalue weighted by molar-refractivity contribution is 6.30. The van der Waals surface area contributed by atoms with Crippen LogP contribution in [0, 0.1) is 12.8 Å². The first-order chi connectivity index (χ1) is 17.4. The first kappa shape index (κ1) is 21.8. The molecule has 2 N–H and O–H groups in total. The van der Waals surface area contributed by atoms with E-state index in [1.807, 2.05) is 49.4 Å². The molecule has 0 unspecified atom stereocenters. The normalized spacial score (nSPS) is 29.8. The van der Waals surface area contributed by atoms with Crippen LogP contribution in [0.15, 0.2) is 66.7 Å². The lowest BCUT2D eigenvalue weighted by molar-refractivity contribution is -0.137. The van der Waals surface area contributed by atoms with Gasteiger partial charge in [0.25, 0.3) is 5.91 Å². The number of hydrogen-bond donors (Lipinski definition) is 2. The standard InChI is InChI=1S/C29H24ClN3O3/c1-16-6-4-8-20-24(16)32-27(36)29(20)28(19-7-2-3-9-21(19)31-26(28)35)23(22-10-5-15-33(22)29)25(34)17-11-13-18(30)14-12-17/h2-4,6-9,11-14,22-23H,5,10,15H2,1H3,(H,31,35)(H,32,36)/t22-,23-,28+,29+/m0/s1. The summed E-state index contributed by atoms with van der Waals surface area (Å²) in [5.74, 6) is -1.42. The minimum absolute atomic E-state index is 0.138. The van der Waals surface area contributed by atoms with Crippen LogP contribution in [-0.4, -0.2) is 35.1 Å². The number of ketones is 1. The molecule has 2 fully saturated rings. The number of hydrogen-bond acceptors (Lipinski definition) is 4. The maximum absolute atomic E-state index is 14.5. The Morgan fingerprint density at radius 2 is 1.69 bits per heavy atom. The van der Waals surface area contributed by atoms with Gasteiger partial charge in [0.05, 0.1) is 5.92 Å². The lowest BCUT2D eigenvalue weighted by atomic mass is 9.57. The molecule has 0 bridgehead atoms. The van der Waals surface area contributed by atoms with Crippen LogP contribution in [0.1, 0.15) is 39.9 Å². The fourth-order valence-corrected chi connectivity index (χ4v) is 7.67. The number of carbonyl (C=O) groups excluding carboxylic acids is 3. The number of para-hydroxylation sites is 2.